The maximum atomic E-state index is 12.7. The van der Waals surface area contributed by atoms with Crippen LogP contribution in [0.4, 0.5) is 0 Å². The lowest BCUT2D eigenvalue weighted by Crippen LogP contribution is -2.50. The van der Waals surface area contributed by atoms with Gasteiger partial charge >= 0.3 is 17.9 Å². The van der Waals surface area contributed by atoms with Crippen LogP contribution in [0.2, 0.25) is 0 Å². The second-order valence-corrected chi connectivity index (χ2v) is 14.2. The molecule has 0 saturated heterocycles. The Bertz CT molecular complexity index is 1140. The topological polar surface area (TPSA) is 99.1 Å². The first-order valence-electron chi connectivity index (χ1n) is 20.2. The van der Waals surface area contributed by atoms with Crippen molar-refractivity contribution in [2.45, 2.75) is 142 Å². The fourth-order valence-electron chi connectivity index (χ4n) is 5.32. The molecule has 8 heteroatoms. The third-order valence-corrected chi connectivity index (χ3v) is 8.42. The largest absolute Gasteiger partial charge is 0.477 e. The average Bonchev–Trinajstić information content (AvgIpc) is 3.11. The van der Waals surface area contributed by atoms with Crippen LogP contribution in [0.25, 0.3) is 0 Å². The Morgan fingerprint density at radius 3 is 1.70 bits per heavy atom. The molecule has 0 aliphatic carbocycles. The van der Waals surface area contributed by atoms with E-state index >= 15 is 0 Å². The van der Waals surface area contributed by atoms with Gasteiger partial charge in [0, 0.05) is 19.3 Å². The van der Waals surface area contributed by atoms with Crippen LogP contribution in [0.1, 0.15) is 129 Å². The average molecular weight is 741 g/mol. The van der Waals surface area contributed by atoms with Gasteiger partial charge < -0.3 is 23.8 Å². The summed E-state index contributed by atoms with van der Waals surface area (Å²) in [5.41, 5.74) is 0. The number of carboxylic acid groups (broad SMARTS) is 1. The molecule has 0 aliphatic heterocycles. The van der Waals surface area contributed by atoms with E-state index in [0.717, 1.165) is 77.0 Å². The highest BCUT2D eigenvalue weighted by Crippen LogP contribution is 2.13. The molecule has 2 unspecified atom stereocenters. The van der Waals surface area contributed by atoms with E-state index in [1.54, 1.807) is 0 Å². The molecule has 0 fully saturated rings. The zero-order chi connectivity index (χ0) is 39.3. The number of hydrogen-bond donors (Lipinski definition) is 1. The lowest BCUT2D eigenvalue weighted by Gasteiger charge is -2.31. The number of carbonyl (C=O) groups is 3. The van der Waals surface area contributed by atoms with Gasteiger partial charge in [0.15, 0.2) is 12.1 Å². The maximum Gasteiger partial charge on any atom is 0.362 e. The summed E-state index contributed by atoms with van der Waals surface area (Å²) in [6.07, 6.45) is 44.8. The molecule has 0 bridgehead atoms. The minimum atomic E-state index is -0.888. The minimum Gasteiger partial charge on any atom is -0.477 e. The second kappa shape index (κ2) is 35.5. The molecule has 8 nitrogen and oxygen atoms in total. The SMILES string of the molecule is CC/C=C/C=C/C=C/C=C/C=C/CCCCCC(=O)OCC(COCCC(C(=O)O)[N+](C)(C)C)OC(=O)CCCCCCCCC/C=C/C/C=C/CC. The normalized spacial score (nSPS) is 13.9. The Morgan fingerprint density at radius 2 is 1.09 bits per heavy atom. The molecule has 300 valence electrons. The summed E-state index contributed by atoms with van der Waals surface area (Å²) in [5, 5.41) is 9.60. The Hall–Kier alpha value is -3.49. The highest BCUT2D eigenvalue weighted by molar-refractivity contribution is 5.72. The molecular weight excluding hydrogens is 666 g/mol. The fraction of sp³-hybridized carbons (Fsp3) is 0.622. The number of carboxylic acids is 1. The molecule has 0 spiro atoms. The number of rotatable bonds is 34. The van der Waals surface area contributed by atoms with Crippen LogP contribution in [0.15, 0.2) is 85.1 Å². The Balaban J connectivity index is 4.51. The maximum absolute atomic E-state index is 12.7. The van der Waals surface area contributed by atoms with Gasteiger partial charge in [0.05, 0.1) is 34.4 Å². The molecule has 0 aromatic heterocycles. The lowest BCUT2D eigenvalue weighted by atomic mass is 10.1. The van der Waals surface area contributed by atoms with Crippen molar-refractivity contribution in [3.8, 4) is 0 Å². The van der Waals surface area contributed by atoms with Gasteiger partial charge in [-0.25, -0.2) is 4.79 Å². The molecule has 2 atom stereocenters. The van der Waals surface area contributed by atoms with E-state index in [1.165, 1.54) is 19.3 Å². The second-order valence-electron chi connectivity index (χ2n) is 14.2. The molecule has 1 N–H and O–H groups in total. The van der Waals surface area contributed by atoms with Crippen molar-refractivity contribution >= 4 is 17.9 Å². The van der Waals surface area contributed by atoms with Crippen LogP contribution in [0, 0.1) is 0 Å². The Labute approximate surface area is 323 Å². The van der Waals surface area contributed by atoms with E-state index in [1.807, 2.05) is 69.8 Å². The Morgan fingerprint density at radius 1 is 0.585 bits per heavy atom. The molecule has 0 rings (SSSR count). The monoisotopic (exact) mass is 741 g/mol. The van der Waals surface area contributed by atoms with Crippen LogP contribution in [-0.4, -0.2) is 80.6 Å². The number of esters is 2. The van der Waals surface area contributed by atoms with Crippen molar-refractivity contribution in [1.82, 2.24) is 0 Å². The molecule has 0 radical (unpaired) electrons. The number of allylic oxidation sites excluding steroid dienone is 14. The number of hydrogen-bond acceptors (Lipinski definition) is 6. The van der Waals surface area contributed by atoms with Gasteiger partial charge in [-0.2, -0.15) is 0 Å². The number of likely N-dealkylation sites (N-methyl/N-ethyl adjacent to an activating group) is 1. The number of aliphatic carboxylic acids is 1. The fourth-order valence-corrected chi connectivity index (χ4v) is 5.32. The first kappa shape index (κ1) is 49.5. The molecule has 0 saturated carbocycles. The lowest BCUT2D eigenvalue weighted by molar-refractivity contribution is -0.887. The Kier molecular flexibility index (Phi) is 33.2. The van der Waals surface area contributed by atoms with E-state index in [9.17, 15) is 19.5 Å². The molecule has 0 amide bonds. The van der Waals surface area contributed by atoms with Crippen molar-refractivity contribution in [2.24, 2.45) is 0 Å². The van der Waals surface area contributed by atoms with Crippen molar-refractivity contribution in [1.29, 1.82) is 0 Å². The van der Waals surface area contributed by atoms with E-state index in [-0.39, 0.29) is 36.2 Å². The van der Waals surface area contributed by atoms with Gasteiger partial charge in [-0.05, 0) is 57.8 Å². The molecule has 0 heterocycles. The predicted molar refractivity (Wildman–Crippen MR) is 220 cm³/mol. The van der Waals surface area contributed by atoms with Gasteiger partial charge in [0.1, 0.15) is 6.61 Å². The summed E-state index contributed by atoms with van der Waals surface area (Å²) >= 11 is 0. The molecule has 0 aromatic rings. The molecule has 0 aliphatic rings. The van der Waals surface area contributed by atoms with Gasteiger partial charge in [-0.15, -0.1) is 0 Å². The summed E-state index contributed by atoms with van der Waals surface area (Å²) in [6.45, 7) is 4.40. The zero-order valence-corrected chi connectivity index (χ0v) is 33.9. The van der Waals surface area contributed by atoms with Gasteiger partial charge in [0.2, 0.25) is 0 Å². The van der Waals surface area contributed by atoms with Gasteiger partial charge in [0.25, 0.3) is 0 Å². The van der Waals surface area contributed by atoms with Crippen molar-refractivity contribution in [3.63, 3.8) is 0 Å². The standard InChI is InChI=1S/C45H73NO7/c1-6-8-10-12-14-16-18-20-22-24-25-27-29-31-33-35-43(47)52-40-41(39-51-38-37-42(45(49)50)46(3,4)5)53-44(48)36-34-32-30-28-26-23-21-19-17-15-13-11-9-7-2/h8-12,14-18,20,22,24-25,41-42H,6-7,13,19,21,23,26-40H2,1-5H3/p+1/b10-8+,11-9+,14-12+,17-15+,18-16+,22-20+,25-24+. The predicted octanol–water partition coefficient (Wildman–Crippen LogP) is 10.6. The minimum absolute atomic E-state index is 0.0384. The van der Waals surface area contributed by atoms with Crippen LogP contribution in [0.5, 0.6) is 0 Å². The quantitative estimate of drug-likeness (QED) is 0.0230. The van der Waals surface area contributed by atoms with Crippen LogP contribution >= 0.6 is 0 Å². The van der Waals surface area contributed by atoms with Crippen molar-refractivity contribution in [3.05, 3.63) is 85.1 Å². The summed E-state index contributed by atoms with van der Waals surface area (Å²) in [6, 6.07) is -0.627. The molecule has 53 heavy (non-hydrogen) atoms. The van der Waals surface area contributed by atoms with Crippen LogP contribution < -0.4 is 0 Å². The third kappa shape index (κ3) is 34.1. The van der Waals surface area contributed by atoms with Gasteiger partial charge in [-0.3, -0.25) is 9.59 Å². The first-order chi connectivity index (χ1) is 25.6. The number of quaternary nitrogens is 1. The number of nitrogens with zero attached hydrogens (tertiary/aromatic N) is 1. The number of carbonyl (C=O) groups excluding carboxylic acids is 2. The summed E-state index contributed by atoms with van der Waals surface area (Å²) in [7, 11) is 5.49. The van der Waals surface area contributed by atoms with Crippen LogP contribution in [0.3, 0.4) is 0 Å². The highest BCUT2D eigenvalue weighted by Gasteiger charge is 2.31. The van der Waals surface area contributed by atoms with Gasteiger partial charge in [-0.1, -0.05) is 137 Å². The van der Waals surface area contributed by atoms with E-state index in [4.69, 9.17) is 14.2 Å². The zero-order valence-electron chi connectivity index (χ0n) is 33.9. The summed E-state index contributed by atoms with van der Waals surface area (Å²) in [4.78, 5) is 36.9. The van der Waals surface area contributed by atoms with Crippen molar-refractivity contribution < 1.29 is 38.2 Å². The van der Waals surface area contributed by atoms with Crippen molar-refractivity contribution in [2.75, 3.05) is 41.0 Å². The number of ether oxygens (including phenoxy) is 3. The molecule has 0 aromatic carbocycles. The van der Waals surface area contributed by atoms with Crippen LogP contribution in [-0.2, 0) is 28.6 Å². The smallest absolute Gasteiger partial charge is 0.362 e. The van der Waals surface area contributed by atoms with E-state index in [2.05, 4.69) is 50.3 Å². The summed E-state index contributed by atoms with van der Waals surface area (Å²) < 4.78 is 17.2. The van der Waals surface area contributed by atoms with E-state index < -0.39 is 18.1 Å². The van der Waals surface area contributed by atoms with E-state index in [0.29, 0.717) is 19.3 Å². The number of unbranched alkanes of at least 4 members (excludes halogenated alkanes) is 10. The molecular formula is C45H74NO7+. The highest BCUT2D eigenvalue weighted by atomic mass is 16.6. The summed E-state index contributed by atoms with van der Waals surface area (Å²) in [5.74, 6) is -1.55. The third-order valence-electron chi connectivity index (χ3n) is 8.42. The first-order valence-corrected chi connectivity index (χ1v) is 20.2.